The normalized spacial score (nSPS) is 31.2. The highest BCUT2D eigenvalue weighted by Gasteiger charge is 2.62. The van der Waals surface area contributed by atoms with E-state index in [9.17, 15) is 4.79 Å². The first-order chi connectivity index (χ1) is 14.7. The molecular formula is C26H28N2O2. The van der Waals surface area contributed by atoms with Crippen LogP contribution < -0.4 is 5.32 Å². The first kappa shape index (κ1) is 18.2. The Morgan fingerprint density at radius 1 is 1.20 bits per heavy atom. The van der Waals surface area contributed by atoms with Gasteiger partial charge in [-0.2, -0.15) is 0 Å². The van der Waals surface area contributed by atoms with Crippen LogP contribution in [-0.4, -0.2) is 37.1 Å². The molecule has 1 unspecified atom stereocenters. The van der Waals surface area contributed by atoms with E-state index in [1.54, 1.807) is 0 Å². The molecule has 2 aromatic rings. The summed E-state index contributed by atoms with van der Waals surface area (Å²) in [5.74, 6) is 0.651. The van der Waals surface area contributed by atoms with E-state index in [0.29, 0.717) is 12.0 Å². The van der Waals surface area contributed by atoms with Crippen molar-refractivity contribution in [1.82, 2.24) is 4.90 Å². The van der Waals surface area contributed by atoms with Crippen LogP contribution in [0, 0.1) is 11.8 Å². The number of para-hydroxylation sites is 1. The van der Waals surface area contributed by atoms with Crippen LogP contribution in [0.2, 0.25) is 0 Å². The molecule has 1 aliphatic carbocycles. The summed E-state index contributed by atoms with van der Waals surface area (Å²) < 4.78 is 5.35. The van der Waals surface area contributed by atoms with Gasteiger partial charge in [-0.05, 0) is 42.3 Å². The van der Waals surface area contributed by atoms with E-state index in [0.717, 1.165) is 43.6 Å². The Morgan fingerprint density at radius 3 is 2.80 bits per heavy atom. The Kier molecular flexibility index (Phi) is 3.91. The number of hydrogen-bond donors (Lipinski definition) is 1. The van der Waals surface area contributed by atoms with Crippen LogP contribution in [0.1, 0.15) is 31.7 Å². The predicted molar refractivity (Wildman–Crippen MR) is 118 cm³/mol. The lowest BCUT2D eigenvalue weighted by atomic mass is 9.60. The number of anilines is 1. The van der Waals surface area contributed by atoms with Gasteiger partial charge in [0.2, 0.25) is 0 Å². The fourth-order valence-electron chi connectivity index (χ4n) is 6.90. The summed E-state index contributed by atoms with van der Waals surface area (Å²) in [5, 5.41) is 3.81. The number of methoxy groups -OCH3 is 1. The zero-order valence-electron chi connectivity index (χ0n) is 17.7. The second-order valence-corrected chi connectivity index (χ2v) is 9.24. The molecule has 154 valence electrons. The molecule has 1 N–H and O–H groups in total. The summed E-state index contributed by atoms with van der Waals surface area (Å²) >= 11 is 0. The second-order valence-electron chi connectivity index (χ2n) is 9.24. The van der Waals surface area contributed by atoms with Crippen molar-refractivity contribution in [3.63, 3.8) is 0 Å². The minimum absolute atomic E-state index is 0.112. The quantitative estimate of drug-likeness (QED) is 0.766. The smallest absolute Gasteiger partial charge is 0.335 e. The predicted octanol–water partition coefficient (Wildman–Crippen LogP) is 4.58. The molecule has 0 amide bonds. The first-order valence-corrected chi connectivity index (χ1v) is 11.2. The van der Waals surface area contributed by atoms with Crippen LogP contribution in [-0.2, 0) is 14.9 Å². The van der Waals surface area contributed by atoms with Gasteiger partial charge in [0.05, 0.1) is 23.8 Å². The van der Waals surface area contributed by atoms with Gasteiger partial charge in [-0.1, -0.05) is 61.9 Å². The largest absolute Gasteiger partial charge is 0.466 e. The number of esters is 1. The van der Waals surface area contributed by atoms with Crippen LogP contribution in [0.5, 0.6) is 0 Å². The van der Waals surface area contributed by atoms with Crippen molar-refractivity contribution in [3.05, 3.63) is 65.4 Å². The molecule has 3 heterocycles. The summed E-state index contributed by atoms with van der Waals surface area (Å²) in [6, 6.07) is 17.7. The van der Waals surface area contributed by atoms with E-state index in [4.69, 9.17) is 4.74 Å². The van der Waals surface area contributed by atoms with Crippen LogP contribution in [0.25, 0.3) is 11.1 Å². The third-order valence-corrected chi connectivity index (χ3v) is 8.21. The summed E-state index contributed by atoms with van der Waals surface area (Å²) in [5.41, 5.74) is 6.91. The van der Waals surface area contributed by atoms with E-state index in [-0.39, 0.29) is 17.3 Å². The van der Waals surface area contributed by atoms with Gasteiger partial charge in [0.1, 0.15) is 0 Å². The zero-order chi connectivity index (χ0) is 20.5. The van der Waals surface area contributed by atoms with Crippen molar-refractivity contribution in [2.75, 3.05) is 25.5 Å². The van der Waals surface area contributed by atoms with Crippen molar-refractivity contribution >= 4 is 11.7 Å². The van der Waals surface area contributed by atoms with Gasteiger partial charge < -0.3 is 10.1 Å². The highest BCUT2D eigenvalue weighted by atomic mass is 16.5. The number of nitrogens with one attached hydrogen (secondary N) is 1. The van der Waals surface area contributed by atoms with E-state index in [1.165, 1.54) is 29.5 Å². The lowest BCUT2D eigenvalue weighted by Gasteiger charge is -2.50. The lowest BCUT2D eigenvalue weighted by molar-refractivity contribution is -0.137. The molecule has 6 rings (SSSR count). The summed E-state index contributed by atoms with van der Waals surface area (Å²) in [6.45, 7) is 4.45. The number of nitrogens with zero attached hydrogens (tertiary/aromatic N) is 1. The standard InChI is InChI=1S/C26H28N2O2/c1-3-16-15-28-13-12-26-20-11-7-10-18(17-8-5-4-6-9-17)23(20)27-24(26)22(25(29)30-2)19(16)14-21(26)28/h4-11,16,19,21,27H,3,12-15H2,1-2H3/t16-,19+,21?,26-/m1/s1. The molecule has 4 heteroatoms. The number of ether oxygens (including phenoxy) is 1. The molecule has 0 aromatic heterocycles. The van der Waals surface area contributed by atoms with Gasteiger partial charge in [0.25, 0.3) is 0 Å². The van der Waals surface area contributed by atoms with Crippen molar-refractivity contribution in [1.29, 1.82) is 0 Å². The Labute approximate surface area is 177 Å². The minimum atomic E-state index is -0.145. The van der Waals surface area contributed by atoms with Crippen LogP contribution >= 0.6 is 0 Å². The van der Waals surface area contributed by atoms with Gasteiger partial charge in [-0.15, -0.1) is 0 Å². The first-order valence-electron chi connectivity index (χ1n) is 11.2. The topological polar surface area (TPSA) is 41.6 Å². The number of hydrogen-bond acceptors (Lipinski definition) is 4. The Hall–Kier alpha value is -2.59. The van der Waals surface area contributed by atoms with Crippen LogP contribution in [0.3, 0.4) is 0 Å². The minimum Gasteiger partial charge on any atom is -0.466 e. The zero-order valence-corrected chi connectivity index (χ0v) is 17.7. The van der Waals surface area contributed by atoms with Crippen molar-refractivity contribution in [3.8, 4) is 11.1 Å². The highest BCUT2D eigenvalue weighted by Crippen LogP contribution is 2.62. The highest BCUT2D eigenvalue weighted by molar-refractivity contribution is 5.95. The molecule has 0 saturated carbocycles. The van der Waals surface area contributed by atoms with Crippen molar-refractivity contribution in [2.45, 2.75) is 37.6 Å². The van der Waals surface area contributed by atoms with Crippen molar-refractivity contribution < 1.29 is 9.53 Å². The van der Waals surface area contributed by atoms with Gasteiger partial charge in [0.15, 0.2) is 0 Å². The summed E-state index contributed by atoms with van der Waals surface area (Å²) in [7, 11) is 1.52. The molecular weight excluding hydrogens is 372 g/mol. The van der Waals surface area contributed by atoms with E-state index in [1.807, 2.05) is 0 Å². The van der Waals surface area contributed by atoms with E-state index >= 15 is 0 Å². The molecule has 1 spiro atoms. The number of piperidine rings is 1. The molecule has 2 aromatic carbocycles. The van der Waals surface area contributed by atoms with Crippen molar-refractivity contribution in [2.24, 2.45) is 11.8 Å². The number of carbonyl (C=O) groups is 1. The lowest BCUT2D eigenvalue weighted by Crippen LogP contribution is -2.55. The van der Waals surface area contributed by atoms with Gasteiger partial charge in [0, 0.05) is 23.8 Å². The summed E-state index contributed by atoms with van der Waals surface area (Å²) in [4.78, 5) is 15.8. The molecule has 30 heavy (non-hydrogen) atoms. The third-order valence-electron chi connectivity index (χ3n) is 8.21. The molecule has 4 aliphatic rings. The van der Waals surface area contributed by atoms with Crippen LogP contribution in [0.15, 0.2) is 59.8 Å². The number of carbonyl (C=O) groups excluding carboxylic acids is 1. The number of fused-ring (bicyclic) bond motifs is 2. The van der Waals surface area contributed by atoms with E-state index in [2.05, 4.69) is 65.7 Å². The average Bonchev–Trinajstić information content (AvgIpc) is 3.35. The molecule has 4 nitrogen and oxygen atoms in total. The maximum absolute atomic E-state index is 13.1. The maximum Gasteiger partial charge on any atom is 0.335 e. The van der Waals surface area contributed by atoms with Gasteiger partial charge >= 0.3 is 5.97 Å². The molecule has 2 saturated heterocycles. The van der Waals surface area contributed by atoms with Gasteiger partial charge in [-0.25, -0.2) is 4.79 Å². The van der Waals surface area contributed by atoms with Crippen LogP contribution in [0.4, 0.5) is 5.69 Å². The second kappa shape index (κ2) is 6.45. The summed E-state index contributed by atoms with van der Waals surface area (Å²) in [6.07, 6.45) is 3.22. The molecule has 0 radical (unpaired) electrons. The van der Waals surface area contributed by atoms with Gasteiger partial charge in [-0.3, -0.25) is 4.90 Å². The fourth-order valence-corrected chi connectivity index (χ4v) is 6.90. The van der Waals surface area contributed by atoms with E-state index < -0.39 is 0 Å². The Balaban J connectivity index is 1.62. The fraction of sp³-hybridized carbons (Fsp3) is 0.423. The molecule has 2 fully saturated rings. The monoisotopic (exact) mass is 400 g/mol. The SMILES string of the molecule is CC[C@@H]1CN2CC[C@]34C(=C(C(=O)OC)[C@H]1CC23)Nc1c(-c2ccccc2)cccc14. The molecule has 4 atom stereocenters. The molecule has 2 bridgehead atoms. The maximum atomic E-state index is 13.1. The number of rotatable bonds is 3. The number of benzene rings is 2. The average molecular weight is 401 g/mol. The Morgan fingerprint density at radius 2 is 2.03 bits per heavy atom. The third kappa shape index (κ3) is 2.18. The molecule has 3 aliphatic heterocycles. The Bertz CT molecular complexity index is 1060.